The maximum Gasteiger partial charge on any atom is 0.140 e. The van der Waals surface area contributed by atoms with Crippen molar-refractivity contribution in [1.82, 2.24) is 24.6 Å². The van der Waals surface area contributed by atoms with Crippen LogP contribution in [0, 0.1) is 0 Å². The van der Waals surface area contributed by atoms with Crippen LogP contribution in [0.1, 0.15) is 18.1 Å². The van der Waals surface area contributed by atoms with Gasteiger partial charge in [0.2, 0.25) is 0 Å². The SMILES string of the molecule is CCn1cc(Cn2cc(CNC)c3cccnc32)cn1. The van der Waals surface area contributed by atoms with Gasteiger partial charge in [0, 0.05) is 42.6 Å². The predicted molar refractivity (Wildman–Crippen MR) is 79.5 cm³/mol. The van der Waals surface area contributed by atoms with E-state index >= 15 is 0 Å². The lowest BCUT2D eigenvalue weighted by Gasteiger charge is -2.01. The Morgan fingerprint density at radius 2 is 2.20 bits per heavy atom. The summed E-state index contributed by atoms with van der Waals surface area (Å²) in [6, 6.07) is 4.11. The molecule has 3 heterocycles. The molecule has 5 nitrogen and oxygen atoms in total. The van der Waals surface area contributed by atoms with Gasteiger partial charge in [-0.1, -0.05) is 0 Å². The molecular formula is C15H19N5. The molecule has 3 aromatic heterocycles. The number of nitrogens with zero attached hydrogens (tertiary/aromatic N) is 4. The minimum atomic E-state index is 0.803. The Morgan fingerprint density at radius 3 is 2.95 bits per heavy atom. The van der Waals surface area contributed by atoms with Crippen LogP contribution in [0.3, 0.4) is 0 Å². The summed E-state index contributed by atoms with van der Waals surface area (Å²) in [5.74, 6) is 0. The minimum Gasteiger partial charge on any atom is -0.328 e. The van der Waals surface area contributed by atoms with Crippen molar-refractivity contribution in [2.24, 2.45) is 0 Å². The first kappa shape index (κ1) is 12.9. The van der Waals surface area contributed by atoms with E-state index in [1.165, 1.54) is 16.5 Å². The van der Waals surface area contributed by atoms with Crippen molar-refractivity contribution in [3.63, 3.8) is 0 Å². The number of aryl methyl sites for hydroxylation is 1. The Hall–Kier alpha value is -2.14. The lowest BCUT2D eigenvalue weighted by atomic mass is 10.2. The highest BCUT2D eigenvalue weighted by molar-refractivity contribution is 5.80. The molecular weight excluding hydrogens is 250 g/mol. The van der Waals surface area contributed by atoms with E-state index < -0.39 is 0 Å². The average Bonchev–Trinajstić information content (AvgIpc) is 3.06. The molecule has 0 unspecified atom stereocenters. The zero-order valence-corrected chi connectivity index (χ0v) is 11.9. The summed E-state index contributed by atoms with van der Waals surface area (Å²) in [4.78, 5) is 4.52. The number of rotatable bonds is 5. The Labute approximate surface area is 118 Å². The lowest BCUT2D eigenvalue weighted by molar-refractivity contribution is 0.658. The second-order valence-electron chi connectivity index (χ2n) is 4.89. The van der Waals surface area contributed by atoms with Gasteiger partial charge in [0.1, 0.15) is 5.65 Å². The molecule has 3 aromatic rings. The van der Waals surface area contributed by atoms with Crippen LogP contribution >= 0.6 is 0 Å². The van der Waals surface area contributed by atoms with Gasteiger partial charge in [0.05, 0.1) is 12.7 Å². The molecule has 0 aliphatic rings. The third kappa shape index (κ3) is 2.32. The Kier molecular flexibility index (Phi) is 3.52. The van der Waals surface area contributed by atoms with Gasteiger partial charge in [-0.15, -0.1) is 0 Å². The van der Waals surface area contributed by atoms with Crippen LogP contribution in [0.2, 0.25) is 0 Å². The lowest BCUT2D eigenvalue weighted by Crippen LogP contribution is -2.04. The molecule has 5 heteroatoms. The maximum absolute atomic E-state index is 4.52. The highest BCUT2D eigenvalue weighted by atomic mass is 15.3. The molecule has 0 spiro atoms. The molecule has 0 amide bonds. The van der Waals surface area contributed by atoms with Gasteiger partial charge in [0.25, 0.3) is 0 Å². The zero-order chi connectivity index (χ0) is 13.9. The van der Waals surface area contributed by atoms with E-state index in [0.717, 1.165) is 25.3 Å². The fraction of sp³-hybridized carbons (Fsp3) is 0.333. The molecule has 0 saturated heterocycles. The normalized spacial score (nSPS) is 11.3. The van der Waals surface area contributed by atoms with Crippen molar-refractivity contribution in [2.75, 3.05) is 7.05 Å². The van der Waals surface area contributed by atoms with Crippen LogP contribution < -0.4 is 5.32 Å². The van der Waals surface area contributed by atoms with Crippen LogP contribution in [0.25, 0.3) is 11.0 Å². The molecule has 1 N–H and O–H groups in total. The molecule has 20 heavy (non-hydrogen) atoms. The summed E-state index contributed by atoms with van der Waals surface area (Å²) in [7, 11) is 1.96. The predicted octanol–water partition coefficient (Wildman–Crippen LogP) is 2.02. The van der Waals surface area contributed by atoms with Gasteiger partial charge in [-0.25, -0.2) is 4.98 Å². The number of aromatic nitrogens is 4. The third-order valence-corrected chi connectivity index (χ3v) is 3.45. The summed E-state index contributed by atoms with van der Waals surface area (Å²) in [5.41, 5.74) is 3.51. The van der Waals surface area contributed by atoms with Gasteiger partial charge in [0.15, 0.2) is 0 Å². The van der Waals surface area contributed by atoms with E-state index in [-0.39, 0.29) is 0 Å². The van der Waals surface area contributed by atoms with Crippen LogP contribution in [0.5, 0.6) is 0 Å². The van der Waals surface area contributed by atoms with Gasteiger partial charge >= 0.3 is 0 Å². The van der Waals surface area contributed by atoms with Crippen molar-refractivity contribution in [3.05, 3.63) is 48.0 Å². The summed E-state index contributed by atoms with van der Waals surface area (Å²) in [6.07, 6.45) is 8.04. The molecule has 0 saturated carbocycles. The van der Waals surface area contributed by atoms with E-state index in [1.54, 1.807) is 0 Å². The van der Waals surface area contributed by atoms with Crippen LogP contribution in [-0.4, -0.2) is 26.4 Å². The molecule has 0 radical (unpaired) electrons. The Bertz CT molecular complexity index is 710. The smallest absolute Gasteiger partial charge is 0.140 e. The summed E-state index contributed by atoms with van der Waals surface area (Å²) in [6.45, 7) is 4.64. The molecule has 0 aliphatic heterocycles. The molecule has 0 fully saturated rings. The van der Waals surface area contributed by atoms with Crippen LogP contribution in [-0.2, 0) is 19.6 Å². The molecule has 0 aromatic carbocycles. The monoisotopic (exact) mass is 269 g/mol. The average molecular weight is 269 g/mol. The Morgan fingerprint density at radius 1 is 1.30 bits per heavy atom. The van der Waals surface area contributed by atoms with E-state index in [0.29, 0.717) is 0 Å². The molecule has 0 aliphatic carbocycles. The fourth-order valence-corrected chi connectivity index (χ4v) is 2.50. The first-order chi connectivity index (χ1) is 9.81. The molecule has 3 rings (SSSR count). The second-order valence-corrected chi connectivity index (χ2v) is 4.89. The molecule has 0 atom stereocenters. The quantitative estimate of drug-likeness (QED) is 0.771. The zero-order valence-electron chi connectivity index (χ0n) is 11.9. The number of hydrogen-bond acceptors (Lipinski definition) is 3. The minimum absolute atomic E-state index is 0.803. The van der Waals surface area contributed by atoms with Crippen molar-refractivity contribution in [1.29, 1.82) is 0 Å². The van der Waals surface area contributed by atoms with Crippen molar-refractivity contribution >= 4 is 11.0 Å². The highest BCUT2D eigenvalue weighted by Crippen LogP contribution is 2.20. The number of hydrogen-bond donors (Lipinski definition) is 1. The first-order valence-electron chi connectivity index (χ1n) is 6.90. The van der Waals surface area contributed by atoms with Crippen LogP contribution in [0.15, 0.2) is 36.9 Å². The summed E-state index contributed by atoms with van der Waals surface area (Å²) in [5, 5.41) is 8.75. The maximum atomic E-state index is 4.52. The number of fused-ring (bicyclic) bond motifs is 1. The van der Waals surface area contributed by atoms with E-state index in [1.807, 2.05) is 30.2 Å². The second kappa shape index (κ2) is 5.46. The summed E-state index contributed by atoms with van der Waals surface area (Å²) < 4.78 is 4.14. The highest BCUT2D eigenvalue weighted by Gasteiger charge is 2.09. The van der Waals surface area contributed by atoms with Crippen LogP contribution in [0.4, 0.5) is 0 Å². The molecule has 0 bridgehead atoms. The fourth-order valence-electron chi connectivity index (χ4n) is 2.50. The van der Waals surface area contributed by atoms with E-state index in [9.17, 15) is 0 Å². The number of pyridine rings is 1. The van der Waals surface area contributed by atoms with Crippen molar-refractivity contribution < 1.29 is 0 Å². The third-order valence-electron chi connectivity index (χ3n) is 3.45. The van der Waals surface area contributed by atoms with Crippen molar-refractivity contribution in [3.8, 4) is 0 Å². The van der Waals surface area contributed by atoms with Crippen molar-refractivity contribution in [2.45, 2.75) is 26.6 Å². The van der Waals surface area contributed by atoms with Gasteiger partial charge < -0.3 is 9.88 Å². The molecule has 104 valence electrons. The van der Waals surface area contributed by atoms with Gasteiger partial charge in [-0.2, -0.15) is 5.10 Å². The topological polar surface area (TPSA) is 47.7 Å². The largest absolute Gasteiger partial charge is 0.328 e. The summed E-state index contributed by atoms with van der Waals surface area (Å²) >= 11 is 0. The standard InChI is InChI=1S/C15H19N5/c1-3-20-10-12(7-18-20)9-19-11-13(8-16-2)14-5-4-6-17-15(14)19/h4-7,10-11,16H,3,8-9H2,1-2H3. The van der Waals surface area contributed by atoms with Gasteiger partial charge in [-0.3, -0.25) is 4.68 Å². The van der Waals surface area contributed by atoms with E-state index in [4.69, 9.17) is 0 Å². The van der Waals surface area contributed by atoms with Gasteiger partial charge in [-0.05, 0) is 31.7 Å². The first-order valence-corrected chi connectivity index (χ1v) is 6.90. The number of nitrogens with one attached hydrogen (secondary N) is 1. The Balaban J connectivity index is 1.98. The van der Waals surface area contributed by atoms with E-state index in [2.05, 4.69) is 45.4 Å².